The van der Waals surface area contributed by atoms with Gasteiger partial charge in [-0.1, -0.05) is 12.1 Å². The summed E-state index contributed by atoms with van der Waals surface area (Å²) in [4.78, 5) is 16.2. The molecule has 3 aromatic rings. The molecule has 2 aromatic heterocycles. The van der Waals surface area contributed by atoms with E-state index in [1.807, 2.05) is 41.8 Å². The van der Waals surface area contributed by atoms with Gasteiger partial charge in [0.15, 0.2) is 0 Å². The van der Waals surface area contributed by atoms with Gasteiger partial charge in [0.1, 0.15) is 5.00 Å². The molecule has 0 aliphatic rings. The number of anilines is 1. The van der Waals surface area contributed by atoms with Gasteiger partial charge in [-0.2, -0.15) is 0 Å². The molecule has 0 spiro atoms. The molecule has 96 valence electrons. The lowest BCUT2D eigenvalue weighted by molar-refractivity contribution is 0.100. The highest BCUT2D eigenvalue weighted by molar-refractivity contribution is 7.16. The van der Waals surface area contributed by atoms with Gasteiger partial charge in [-0.15, -0.1) is 11.3 Å². The Balaban J connectivity index is 2.27. The molecule has 3 rings (SSSR count). The van der Waals surface area contributed by atoms with Crippen LogP contribution >= 0.6 is 11.3 Å². The number of imidazole rings is 1. The van der Waals surface area contributed by atoms with E-state index in [2.05, 4.69) is 4.98 Å². The minimum absolute atomic E-state index is 0.401. The van der Waals surface area contributed by atoms with Crippen LogP contribution in [0.4, 0.5) is 5.95 Å². The Bertz CT molecular complexity index is 787. The van der Waals surface area contributed by atoms with Gasteiger partial charge in [0, 0.05) is 0 Å². The number of rotatable bonds is 2. The summed E-state index contributed by atoms with van der Waals surface area (Å²) in [5.74, 6) is -0.0183. The molecule has 0 radical (unpaired) electrons. The SMILES string of the molecule is Cc1cc(-n2c(N)nc3ccccc32)sc1C(N)=O. The molecule has 1 amide bonds. The molecule has 0 saturated heterocycles. The summed E-state index contributed by atoms with van der Waals surface area (Å²) in [7, 11) is 0. The molecular weight excluding hydrogens is 260 g/mol. The minimum Gasteiger partial charge on any atom is -0.369 e. The van der Waals surface area contributed by atoms with Crippen molar-refractivity contribution in [3.63, 3.8) is 0 Å². The van der Waals surface area contributed by atoms with Crippen molar-refractivity contribution in [1.82, 2.24) is 9.55 Å². The molecule has 19 heavy (non-hydrogen) atoms. The number of aromatic nitrogens is 2. The highest BCUT2D eigenvalue weighted by atomic mass is 32.1. The highest BCUT2D eigenvalue weighted by Gasteiger charge is 2.15. The summed E-state index contributed by atoms with van der Waals surface area (Å²) in [6.45, 7) is 1.86. The zero-order valence-electron chi connectivity index (χ0n) is 10.3. The number of benzene rings is 1. The number of aryl methyl sites for hydroxylation is 1. The molecule has 5 nitrogen and oxygen atoms in total. The second-order valence-corrected chi connectivity index (χ2v) is 5.29. The average molecular weight is 272 g/mol. The van der Waals surface area contributed by atoms with Crippen LogP contribution < -0.4 is 11.5 Å². The predicted molar refractivity (Wildman–Crippen MR) is 76.6 cm³/mol. The number of carbonyl (C=O) groups is 1. The van der Waals surface area contributed by atoms with Gasteiger partial charge >= 0.3 is 0 Å². The lowest BCUT2D eigenvalue weighted by Gasteiger charge is -2.01. The predicted octanol–water partition coefficient (Wildman–Crippen LogP) is 2.08. The summed E-state index contributed by atoms with van der Waals surface area (Å²) < 4.78 is 1.83. The second kappa shape index (κ2) is 4.10. The van der Waals surface area contributed by atoms with Crippen molar-refractivity contribution < 1.29 is 4.79 Å². The fraction of sp³-hybridized carbons (Fsp3) is 0.0769. The molecular formula is C13H12N4OS. The van der Waals surface area contributed by atoms with E-state index in [-0.39, 0.29) is 0 Å². The van der Waals surface area contributed by atoms with Crippen LogP contribution in [0.25, 0.3) is 16.0 Å². The van der Waals surface area contributed by atoms with E-state index in [0.717, 1.165) is 21.6 Å². The number of nitrogens with zero attached hydrogens (tertiary/aromatic N) is 2. The third-order valence-corrected chi connectivity index (χ3v) is 4.17. The first-order chi connectivity index (χ1) is 9.08. The van der Waals surface area contributed by atoms with E-state index in [1.165, 1.54) is 11.3 Å². The molecule has 0 aliphatic carbocycles. The summed E-state index contributed by atoms with van der Waals surface area (Å²) >= 11 is 1.32. The van der Waals surface area contributed by atoms with Gasteiger partial charge in [-0.3, -0.25) is 9.36 Å². The zero-order valence-corrected chi connectivity index (χ0v) is 11.1. The van der Waals surface area contributed by atoms with Gasteiger partial charge in [0.25, 0.3) is 5.91 Å². The Morgan fingerprint density at radius 3 is 2.79 bits per heavy atom. The van der Waals surface area contributed by atoms with E-state index in [0.29, 0.717) is 10.8 Å². The third-order valence-electron chi connectivity index (χ3n) is 2.94. The number of fused-ring (bicyclic) bond motifs is 1. The highest BCUT2D eigenvalue weighted by Crippen LogP contribution is 2.30. The van der Waals surface area contributed by atoms with Gasteiger partial charge in [-0.25, -0.2) is 4.98 Å². The topological polar surface area (TPSA) is 86.9 Å². The average Bonchev–Trinajstić information content (AvgIpc) is 2.88. The quantitative estimate of drug-likeness (QED) is 0.748. The molecule has 0 bridgehead atoms. The maximum absolute atomic E-state index is 11.3. The standard InChI is InChI=1S/C13H12N4OS/c1-7-6-10(19-11(7)12(14)18)17-9-5-3-2-4-8(9)16-13(17)15/h2-6H,1H3,(H2,14,18)(H2,15,16). The number of amides is 1. The van der Waals surface area contributed by atoms with Crippen LogP contribution in [-0.4, -0.2) is 15.5 Å². The third kappa shape index (κ3) is 1.77. The van der Waals surface area contributed by atoms with Crippen LogP contribution in [0.15, 0.2) is 30.3 Å². The van der Waals surface area contributed by atoms with Crippen molar-refractivity contribution in [2.24, 2.45) is 5.73 Å². The maximum atomic E-state index is 11.3. The number of primary amides is 1. The maximum Gasteiger partial charge on any atom is 0.259 e. The van der Waals surface area contributed by atoms with Crippen molar-refractivity contribution in [3.05, 3.63) is 40.8 Å². The van der Waals surface area contributed by atoms with Gasteiger partial charge in [0.05, 0.1) is 15.9 Å². The monoisotopic (exact) mass is 272 g/mol. The second-order valence-electron chi connectivity index (χ2n) is 4.26. The van der Waals surface area contributed by atoms with E-state index in [1.54, 1.807) is 0 Å². The number of hydrogen-bond donors (Lipinski definition) is 2. The Hall–Kier alpha value is -2.34. The first-order valence-electron chi connectivity index (χ1n) is 5.71. The molecule has 2 heterocycles. The fourth-order valence-electron chi connectivity index (χ4n) is 2.10. The summed E-state index contributed by atoms with van der Waals surface area (Å²) in [5, 5.41) is 0.845. The molecule has 0 unspecified atom stereocenters. The van der Waals surface area contributed by atoms with Crippen molar-refractivity contribution >= 4 is 34.2 Å². The molecule has 0 fully saturated rings. The Labute approximate surface area is 113 Å². The Kier molecular flexibility index (Phi) is 2.53. The smallest absolute Gasteiger partial charge is 0.259 e. The van der Waals surface area contributed by atoms with Crippen molar-refractivity contribution in [1.29, 1.82) is 0 Å². The van der Waals surface area contributed by atoms with E-state index in [4.69, 9.17) is 11.5 Å². The van der Waals surface area contributed by atoms with E-state index >= 15 is 0 Å². The zero-order chi connectivity index (χ0) is 13.6. The number of hydrogen-bond acceptors (Lipinski definition) is 4. The largest absolute Gasteiger partial charge is 0.369 e. The molecule has 0 aliphatic heterocycles. The lowest BCUT2D eigenvalue weighted by Crippen LogP contribution is -2.09. The van der Waals surface area contributed by atoms with Gasteiger partial charge in [0.2, 0.25) is 5.95 Å². The van der Waals surface area contributed by atoms with Crippen LogP contribution in [0.5, 0.6) is 0 Å². The minimum atomic E-state index is -0.420. The Morgan fingerprint density at radius 1 is 1.37 bits per heavy atom. The van der Waals surface area contributed by atoms with Crippen LogP contribution in [-0.2, 0) is 0 Å². The number of nitrogen functional groups attached to an aromatic ring is 1. The first-order valence-corrected chi connectivity index (χ1v) is 6.53. The summed E-state index contributed by atoms with van der Waals surface area (Å²) in [5.41, 5.74) is 13.9. The van der Waals surface area contributed by atoms with Gasteiger partial charge in [-0.05, 0) is 30.7 Å². The van der Waals surface area contributed by atoms with Crippen LogP contribution in [0.3, 0.4) is 0 Å². The molecule has 4 N–H and O–H groups in total. The Morgan fingerprint density at radius 2 is 2.11 bits per heavy atom. The molecule has 6 heteroatoms. The van der Waals surface area contributed by atoms with Crippen LogP contribution in [0, 0.1) is 6.92 Å². The fourth-order valence-corrected chi connectivity index (χ4v) is 3.14. The summed E-state index contributed by atoms with van der Waals surface area (Å²) in [6, 6.07) is 9.58. The van der Waals surface area contributed by atoms with Crippen molar-refractivity contribution in [3.8, 4) is 5.00 Å². The first kappa shape index (κ1) is 11.7. The number of nitrogens with two attached hydrogens (primary N) is 2. The number of carbonyl (C=O) groups excluding carboxylic acids is 1. The lowest BCUT2D eigenvalue weighted by atomic mass is 10.3. The van der Waals surface area contributed by atoms with Gasteiger partial charge < -0.3 is 11.5 Å². The van der Waals surface area contributed by atoms with Crippen LogP contribution in [0.2, 0.25) is 0 Å². The number of para-hydroxylation sites is 2. The number of thiophene rings is 1. The van der Waals surface area contributed by atoms with E-state index < -0.39 is 5.91 Å². The van der Waals surface area contributed by atoms with E-state index in [9.17, 15) is 4.79 Å². The van der Waals surface area contributed by atoms with Crippen molar-refractivity contribution in [2.45, 2.75) is 6.92 Å². The molecule has 1 aromatic carbocycles. The van der Waals surface area contributed by atoms with Crippen LogP contribution in [0.1, 0.15) is 15.2 Å². The molecule has 0 atom stereocenters. The summed E-state index contributed by atoms with van der Waals surface area (Å²) in [6.07, 6.45) is 0. The van der Waals surface area contributed by atoms with Crippen molar-refractivity contribution in [2.75, 3.05) is 5.73 Å². The molecule has 0 saturated carbocycles. The normalized spacial score (nSPS) is 11.0.